The molecule has 0 saturated carbocycles. The molecular weight excluding hydrogens is 346 g/mol. The summed E-state index contributed by atoms with van der Waals surface area (Å²) in [5.74, 6) is -0.355. The van der Waals surface area contributed by atoms with Gasteiger partial charge >= 0.3 is 5.97 Å². The van der Waals surface area contributed by atoms with Crippen LogP contribution in [0.15, 0.2) is 13.6 Å². The number of halogens is 2. The van der Waals surface area contributed by atoms with Gasteiger partial charge in [0.2, 0.25) is 0 Å². The van der Waals surface area contributed by atoms with E-state index in [2.05, 4.69) is 31.9 Å². The van der Waals surface area contributed by atoms with Gasteiger partial charge in [0.15, 0.2) is 0 Å². The molecule has 0 aromatic carbocycles. The largest absolute Gasteiger partial charge is 0.465 e. The number of nitrogens with two attached hydrogens (primary N) is 1. The van der Waals surface area contributed by atoms with Crippen molar-refractivity contribution in [1.29, 1.82) is 0 Å². The third-order valence-corrected chi connectivity index (χ3v) is 4.22. The summed E-state index contributed by atoms with van der Waals surface area (Å²) in [5.41, 5.74) is 6.73. The zero-order chi connectivity index (χ0) is 11.4. The highest BCUT2D eigenvalue weighted by molar-refractivity contribution is 9.12. The smallest absolute Gasteiger partial charge is 0.323 e. The van der Waals surface area contributed by atoms with Gasteiger partial charge in [0.1, 0.15) is 6.04 Å². The van der Waals surface area contributed by atoms with Crippen molar-refractivity contribution in [3.63, 3.8) is 0 Å². The first kappa shape index (κ1) is 13.2. The molecule has 0 saturated heterocycles. The number of hydrogen-bond donors (Lipinski definition) is 1. The van der Waals surface area contributed by atoms with E-state index in [-0.39, 0.29) is 5.97 Å². The molecule has 1 heterocycles. The van der Waals surface area contributed by atoms with E-state index in [1.165, 1.54) is 0 Å². The molecule has 0 radical (unpaired) electrons. The summed E-state index contributed by atoms with van der Waals surface area (Å²) in [4.78, 5) is 11.3. The van der Waals surface area contributed by atoms with Gasteiger partial charge in [0, 0.05) is 6.42 Å². The summed E-state index contributed by atoms with van der Waals surface area (Å²) in [6.07, 6.45) is 0.488. The van der Waals surface area contributed by atoms with Crippen LogP contribution in [0.1, 0.15) is 12.5 Å². The van der Waals surface area contributed by atoms with Crippen LogP contribution in [0.4, 0.5) is 0 Å². The highest BCUT2D eigenvalue weighted by Gasteiger charge is 2.17. The average Bonchev–Trinajstić information content (AvgIpc) is 2.45. The topological polar surface area (TPSA) is 52.3 Å². The van der Waals surface area contributed by atoms with Crippen LogP contribution < -0.4 is 5.73 Å². The van der Waals surface area contributed by atoms with Crippen molar-refractivity contribution in [2.45, 2.75) is 19.4 Å². The third kappa shape index (κ3) is 3.86. The number of carbonyl (C=O) groups is 1. The van der Waals surface area contributed by atoms with E-state index in [1.54, 1.807) is 18.3 Å². The van der Waals surface area contributed by atoms with E-state index < -0.39 is 6.04 Å². The van der Waals surface area contributed by atoms with E-state index in [9.17, 15) is 4.79 Å². The zero-order valence-electron chi connectivity index (χ0n) is 8.13. The first-order valence-corrected chi connectivity index (χ1v) is 6.80. The minimum atomic E-state index is -0.595. The van der Waals surface area contributed by atoms with Crippen molar-refractivity contribution in [2.75, 3.05) is 6.61 Å². The Morgan fingerprint density at radius 1 is 1.67 bits per heavy atom. The molecule has 1 aromatic heterocycles. The molecule has 84 valence electrons. The summed E-state index contributed by atoms with van der Waals surface area (Å²) in [7, 11) is 0. The van der Waals surface area contributed by atoms with Gasteiger partial charge in [0.05, 0.1) is 14.2 Å². The van der Waals surface area contributed by atoms with Crippen molar-refractivity contribution >= 4 is 49.2 Å². The lowest BCUT2D eigenvalue weighted by Gasteiger charge is -2.09. The molecule has 0 aliphatic carbocycles. The van der Waals surface area contributed by atoms with Gasteiger partial charge in [-0.25, -0.2) is 0 Å². The summed E-state index contributed by atoms with van der Waals surface area (Å²) in [6, 6.07) is 1.36. The molecule has 0 aliphatic rings. The van der Waals surface area contributed by atoms with Gasteiger partial charge in [-0.05, 0) is 50.4 Å². The van der Waals surface area contributed by atoms with Crippen LogP contribution in [-0.4, -0.2) is 18.6 Å². The second kappa shape index (κ2) is 5.98. The molecule has 0 aliphatic heterocycles. The Bertz CT molecular complexity index is 354. The van der Waals surface area contributed by atoms with Crippen molar-refractivity contribution in [3.8, 4) is 0 Å². The lowest BCUT2D eigenvalue weighted by atomic mass is 10.1. The fraction of sp³-hybridized carbons (Fsp3) is 0.444. The van der Waals surface area contributed by atoms with E-state index >= 15 is 0 Å². The zero-order valence-corrected chi connectivity index (χ0v) is 12.1. The summed E-state index contributed by atoms with van der Waals surface area (Å²) >= 11 is 8.35. The fourth-order valence-corrected chi connectivity index (χ4v) is 3.94. The van der Waals surface area contributed by atoms with Crippen molar-refractivity contribution in [2.24, 2.45) is 5.73 Å². The SMILES string of the molecule is CCOC(=O)C(N)Cc1cc(Br)sc1Br. The fourth-order valence-electron chi connectivity index (χ4n) is 1.08. The maximum absolute atomic E-state index is 11.3. The molecular formula is C9H11Br2NO2S. The van der Waals surface area contributed by atoms with Gasteiger partial charge in [-0.15, -0.1) is 11.3 Å². The van der Waals surface area contributed by atoms with Crippen LogP contribution in [0, 0.1) is 0 Å². The first-order chi connectivity index (χ1) is 7.04. The van der Waals surface area contributed by atoms with E-state index in [0.717, 1.165) is 13.1 Å². The summed E-state index contributed by atoms with van der Waals surface area (Å²) in [5, 5.41) is 0. The Hall–Kier alpha value is 0.0900. The molecule has 1 atom stereocenters. The quantitative estimate of drug-likeness (QED) is 0.844. The second-order valence-electron chi connectivity index (χ2n) is 2.91. The molecule has 3 nitrogen and oxygen atoms in total. The van der Waals surface area contributed by atoms with Gasteiger partial charge in [-0.2, -0.15) is 0 Å². The Morgan fingerprint density at radius 3 is 2.80 bits per heavy atom. The molecule has 0 fully saturated rings. The highest BCUT2D eigenvalue weighted by Crippen LogP contribution is 2.32. The lowest BCUT2D eigenvalue weighted by Crippen LogP contribution is -2.34. The van der Waals surface area contributed by atoms with Crippen LogP contribution in [0.3, 0.4) is 0 Å². The predicted molar refractivity (Wildman–Crippen MR) is 68.0 cm³/mol. The van der Waals surface area contributed by atoms with Crippen molar-refractivity contribution in [3.05, 3.63) is 19.2 Å². The normalized spacial score (nSPS) is 12.5. The maximum atomic E-state index is 11.3. The molecule has 1 rings (SSSR count). The molecule has 0 amide bonds. The number of ether oxygens (including phenoxy) is 1. The number of esters is 1. The van der Waals surface area contributed by atoms with E-state index in [0.29, 0.717) is 13.0 Å². The van der Waals surface area contributed by atoms with Gasteiger partial charge in [-0.3, -0.25) is 4.79 Å². The molecule has 6 heteroatoms. The van der Waals surface area contributed by atoms with Crippen LogP contribution in [0.25, 0.3) is 0 Å². The molecule has 1 unspecified atom stereocenters. The predicted octanol–water partition coefficient (Wildman–Crippen LogP) is 2.71. The lowest BCUT2D eigenvalue weighted by molar-refractivity contribution is -0.144. The number of hydrogen-bond acceptors (Lipinski definition) is 4. The summed E-state index contributed by atoms with van der Waals surface area (Å²) in [6.45, 7) is 2.13. The minimum Gasteiger partial charge on any atom is -0.465 e. The minimum absolute atomic E-state index is 0.355. The number of carbonyl (C=O) groups excluding carboxylic acids is 1. The summed E-state index contributed by atoms with van der Waals surface area (Å²) < 4.78 is 6.84. The number of rotatable bonds is 4. The van der Waals surface area contributed by atoms with Gasteiger partial charge in [0.25, 0.3) is 0 Å². The standard InChI is InChI=1S/C9H11Br2NO2S/c1-2-14-9(13)6(12)3-5-4-7(10)15-8(5)11/h4,6H,2-3,12H2,1H3. The Morgan fingerprint density at radius 2 is 2.33 bits per heavy atom. The molecule has 2 N–H and O–H groups in total. The molecule has 15 heavy (non-hydrogen) atoms. The Labute approximate surface area is 109 Å². The Balaban J connectivity index is 2.61. The van der Waals surface area contributed by atoms with Crippen LogP contribution >= 0.6 is 43.2 Å². The van der Waals surface area contributed by atoms with Crippen molar-refractivity contribution in [1.82, 2.24) is 0 Å². The Kier molecular flexibility index (Phi) is 5.25. The van der Waals surface area contributed by atoms with E-state index in [1.807, 2.05) is 6.07 Å². The molecule has 0 bridgehead atoms. The van der Waals surface area contributed by atoms with Crippen LogP contribution in [0.5, 0.6) is 0 Å². The van der Waals surface area contributed by atoms with Crippen LogP contribution in [-0.2, 0) is 16.0 Å². The third-order valence-electron chi connectivity index (χ3n) is 1.76. The van der Waals surface area contributed by atoms with E-state index in [4.69, 9.17) is 10.5 Å². The maximum Gasteiger partial charge on any atom is 0.323 e. The van der Waals surface area contributed by atoms with Gasteiger partial charge in [-0.1, -0.05) is 0 Å². The average molecular weight is 357 g/mol. The number of thiophene rings is 1. The molecule has 1 aromatic rings. The van der Waals surface area contributed by atoms with Gasteiger partial charge < -0.3 is 10.5 Å². The van der Waals surface area contributed by atoms with Crippen molar-refractivity contribution < 1.29 is 9.53 Å². The highest BCUT2D eigenvalue weighted by atomic mass is 79.9. The first-order valence-electron chi connectivity index (χ1n) is 4.40. The second-order valence-corrected chi connectivity index (χ2v) is 6.66. The monoisotopic (exact) mass is 355 g/mol. The molecule has 0 spiro atoms. The van der Waals surface area contributed by atoms with Crippen LogP contribution in [0.2, 0.25) is 0 Å².